The Labute approximate surface area is 149 Å². The van der Waals surface area contributed by atoms with Crippen molar-refractivity contribution in [3.63, 3.8) is 0 Å². The van der Waals surface area contributed by atoms with E-state index in [-0.39, 0.29) is 18.2 Å². The largest absolute Gasteiger partial charge is 0.480 e. The summed E-state index contributed by atoms with van der Waals surface area (Å²) in [6, 6.07) is 2.26. The zero-order valence-electron chi connectivity index (χ0n) is 14.0. The van der Waals surface area contributed by atoms with Gasteiger partial charge >= 0.3 is 5.97 Å². The summed E-state index contributed by atoms with van der Waals surface area (Å²) in [6.07, 6.45) is 2.86. The summed E-state index contributed by atoms with van der Waals surface area (Å²) < 4.78 is 37.9. The van der Waals surface area contributed by atoms with Crippen LogP contribution in [-0.4, -0.2) is 47.7 Å². The van der Waals surface area contributed by atoms with E-state index in [1.807, 2.05) is 0 Å². The van der Waals surface area contributed by atoms with E-state index in [2.05, 4.69) is 0 Å². The standard InChI is InChI=1S/C18H19F2NO5/c19-13-2-1-3-14(20)17(13)26-12-9-16(22)21(10-12)15(18(23)24)8-11-4-6-25-7-5-11/h1-3,9,11,15H,4-8,10H2,(H,23,24). The van der Waals surface area contributed by atoms with Gasteiger partial charge in [0.2, 0.25) is 0 Å². The summed E-state index contributed by atoms with van der Waals surface area (Å²) in [5.74, 6) is -3.90. The van der Waals surface area contributed by atoms with E-state index in [0.717, 1.165) is 36.0 Å². The number of nitrogens with zero attached hydrogens (tertiary/aromatic N) is 1. The number of carboxylic acid groups (broad SMARTS) is 1. The molecule has 2 heterocycles. The third-order valence-corrected chi connectivity index (χ3v) is 4.60. The van der Waals surface area contributed by atoms with Crippen LogP contribution in [-0.2, 0) is 14.3 Å². The monoisotopic (exact) mass is 367 g/mol. The Hall–Kier alpha value is -2.48. The summed E-state index contributed by atoms with van der Waals surface area (Å²) in [7, 11) is 0. The maximum absolute atomic E-state index is 13.7. The minimum atomic E-state index is -1.11. The highest BCUT2D eigenvalue weighted by Crippen LogP contribution is 2.28. The highest BCUT2D eigenvalue weighted by Gasteiger charge is 2.36. The first-order chi connectivity index (χ1) is 12.5. The Morgan fingerprint density at radius 3 is 2.58 bits per heavy atom. The zero-order chi connectivity index (χ0) is 18.7. The predicted octanol–water partition coefficient (Wildman–Crippen LogP) is 2.34. The van der Waals surface area contributed by atoms with Crippen molar-refractivity contribution >= 4 is 11.9 Å². The quantitative estimate of drug-likeness (QED) is 0.835. The van der Waals surface area contributed by atoms with Crippen LogP contribution in [0.1, 0.15) is 19.3 Å². The van der Waals surface area contributed by atoms with Gasteiger partial charge in [-0.05, 0) is 37.3 Å². The summed E-state index contributed by atoms with van der Waals surface area (Å²) in [5.41, 5.74) is 0. The third-order valence-electron chi connectivity index (χ3n) is 4.60. The maximum atomic E-state index is 13.7. The average Bonchev–Trinajstić information content (AvgIpc) is 2.97. The molecule has 1 aromatic rings. The Balaban J connectivity index is 1.69. The second kappa shape index (κ2) is 7.82. The van der Waals surface area contributed by atoms with E-state index >= 15 is 0 Å². The molecular formula is C18H19F2NO5. The number of carbonyl (C=O) groups excluding carboxylic acids is 1. The van der Waals surface area contributed by atoms with Crippen LogP contribution in [0.3, 0.4) is 0 Å². The van der Waals surface area contributed by atoms with Crippen LogP contribution < -0.4 is 4.74 Å². The van der Waals surface area contributed by atoms with Crippen molar-refractivity contribution in [2.75, 3.05) is 19.8 Å². The van der Waals surface area contributed by atoms with Gasteiger partial charge in [0, 0.05) is 19.3 Å². The second-order valence-electron chi connectivity index (χ2n) is 6.38. The average molecular weight is 367 g/mol. The molecule has 1 unspecified atom stereocenters. The Kier molecular flexibility index (Phi) is 5.51. The van der Waals surface area contributed by atoms with Crippen molar-refractivity contribution < 1.29 is 33.0 Å². The molecular weight excluding hydrogens is 348 g/mol. The normalized spacial score (nSPS) is 19.4. The number of carboxylic acids is 1. The molecule has 140 valence electrons. The van der Waals surface area contributed by atoms with Gasteiger partial charge in [-0.25, -0.2) is 13.6 Å². The number of hydrogen-bond donors (Lipinski definition) is 1. The molecule has 1 amide bonds. The Morgan fingerprint density at radius 2 is 1.96 bits per heavy atom. The lowest BCUT2D eigenvalue weighted by Gasteiger charge is -2.30. The SMILES string of the molecule is O=C(O)C(CC1CCOCC1)N1CC(Oc2c(F)cccc2F)=CC1=O. The molecule has 1 fully saturated rings. The van der Waals surface area contributed by atoms with E-state index in [4.69, 9.17) is 9.47 Å². The summed E-state index contributed by atoms with van der Waals surface area (Å²) in [5, 5.41) is 9.54. The molecule has 3 rings (SSSR count). The van der Waals surface area contributed by atoms with E-state index in [9.17, 15) is 23.5 Å². The van der Waals surface area contributed by atoms with Crippen molar-refractivity contribution in [2.24, 2.45) is 5.92 Å². The number of carbonyl (C=O) groups is 2. The van der Waals surface area contributed by atoms with Gasteiger partial charge in [0.05, 0.1) is 6.54 Å². The van der Waals surface area contributed by atoms with Crippen molar-refractivity contribution in [1.29, 1.82) is 0 Å². The van der Waals surface area contributed by atoms with Crippen molar-refractivity contribution in [2.45, 2.75) is 25.3 Å². The van der Waals surface area contributed by atoms with E-state index < -0.39 is 35.3 Å². The number of benzene rings is 1. The molecule has 1 saturated heterocycles. The lowest BCUT2D eigenvalue weighted by Crippen LogP contribution is -2.44. The zero-order valence-corrected chi connectivity index (χ0v) is 14.0. The maximum Gasteiger partial charge on any atom is 0.326 e. The number of aliphatic carboxylic acids is 1. The highest BCUT2D eigenvalue weighted by atomic mass is 19.1. The minimum Gasteiger partial charge on any atom is -0.480 e. The van der Waals surface area contributed by atoms with Crippen LogP contribution in [0.2, 0.25) is 0 Å². The molecule has 26 heavy (non-hydrogen) atoms. The fourth-order valence-electron chi connectivity index (χ4n) is 3.21. The van der Waals surface area contributed by atoms with Crippen LogP contribution in [0, 0.1) is 17.6 Å². The topological polar surface area (TPSA) is 76.1 Å². The van der Waals surface area contributed by atoms with Gasteiger partial charge in [-0.15, -0.1) is 0 Å². The van der Waals surface area contributed by atoms with Crippen molar-refractivity contribution in [3.05, 3.63) is 41.7 Å². The lowest BCUT2D eigenvalue weighted by molar-refractivity contribution is -0.148. The Morgan fingerprint density at radius 1 is 1.31 bits per heavy atom. The van der Waals surface area contributed by atoms with Crippen LogP contribution in [0.5, 0.6) is 5.75 Å². The van der Waals surface area contributed by atoms with Gasteiger partial charge in [-0.2, -0.15) is 0 Å². The molecule has 0 bridgehead atoms. The molecule has 6 nitrogen and oxygen atoms in total. The van der Waals surface area contributed by atoms with Gasteiger partial charge in [0.15, 0.2) is 17.4 Å². The van der Waals surface area contributed by atoms with Gasteiger partial charge in [0.25, 0.3) is 5.91 Å². The first-order valence-electron chi connectivity index (χ1n) is 8.39. The summed E-state index contributed by atoms with van der Waals surface area (Å²) in [6.45, 7) is 1.00. The number of para-hydroxylation sites is 1. The number of rotatable bonds is 6. The summed E-state index contributed by atoms with van der Waals surface area (Å²) >= 11 is 0. The molecule has 2 aliphatic rings. The number of amides is 1. The van der Waals surface area contributed by atoms with E-state index in [0.29, 0.717) is 19.6 Å². The smallest absolute Gasteiger partial charge is 0.326 e. The molecule has 0 spiro atoms. The van der Waals surface area contributed by atoms with Crippen LogP contribution >= 0.6 is 0 Å². The molecule has 0 saturated carbocycles. The lowest BCUT2D eigenvalue weighted by atomic mass is 9.92. The molecule has 8 heteroatoms. The third kappa shape index (κ3) is 4.01. The second-order valence-corrected chi connectivity index (χ2v) is 6.38. The first-order valence-corrected chi connectivity index (χ1v) is 8.39. The van der Waals surface area contributed by atoms with Gasteiger partial charge in [0.1, 0.15) is 11.8 Å². The molecule has 0 aliphatic carbocycles. The van der Waals surface area contributed by atoms with Crippen molar-refractivity contribution in [1.82, 2.24) is 4.90 Å². The number of hydrogen-bond acceptors (Lipinski definition) is 4. The van der Waals surface area contributed by atoms with Crippen LogP contribution in [0.4, 0.5) is 8.78 Å². The molecule has 1 aromatic carbocycles. The number of ether oxygens (including phenoxy) is 2. The van der Waals surface area contributed by atoms with Crippen LogP contribution in [0.25, 0.3) is 0 Å². The fraction of sp³-hybridized carbons (Fsp3) is 0.444. The fourth-order valence-corrected chi connectivity index (χ4v) is 3.21. The van der Waals surface area contributed by atoms with Crippen molar-refractivity contribution in [3.8, 4) is 5.75 Å². The summed E-state index contributed by atoms with van der Waals surface area (Å²) in [4.78, 5) is 25.1. The van der Waals surface area contributed by atoms with Crippen LogP contribution in [0.15, 0.2) is 30.0 Å². The van der Waals surface area contributed by atoms with E-state index in [1.165, 1.54) is 6.07 Å². The molecule has 1 atom stereocenters. The molecule has 0 aromatic heterocycles. The number of halogens is 2. The van der Waals surface area contributed by atoms with Gasteiger partial charge in [-0.1, -0.05) is 6.07 Å². The van der Waals surface area contributed by atoms with E-state index in [1.54, 1.807) is 0 Å². The molecule has 1 N–H and O–H groups in total. The first kappa shape index (κ1) is 18.3. The molecule has 0 radical (unpaired) electrons. The minimum absolute atomic E-state index is 0.0113. The molecule has 2 aliphatic heterocycles. The highest BCUT2D eigenvalue weighted by molar-refractivity contribution is 5.94. The van der Waals surface area contributed by atoms with Gasteiger partial charge < -0.3 is 19.5 Å². The predicted molar refractivity (Wildman–Crippen MR) is 86.4 cm³/mol. The Bertz CT molecular complexity index is 710. The van der Waals surface area contributed by atoms with Gasteiger partial charge in [-0.3, -0.25) is 4.79 Å².